The van der Waals surface area contributed by atoms with Crippen LogP contribution in [0.2, 0.25) is 0 Å². The fraction of sp³-hybridized carbons (Fsp3) is 0.353. The van der Waals surface area contributed by atoms with Crippen molar-refractivity contribution in [3.8, 4) is 17.2 Å². The summed E-state index contributed by atoms with van der Waals surface area (Å²) in [6.07, 6.45) is 1.86. The van der Waals surface area contributed by atoms with Crippen molar-refractivity contribution in [1.29, 1.82) is 0 Å². The molecule has 8 nitrogen and oxygen atoms in total. The number of hydrogen-bond donors (Lipinski definition) is 1. The summed E-state index contributed by atoms with van der Waals surface area (Å²) in [7, 11) is 5.90. The third-order valence-corrected chi connectivity index (χ3v) is 4.12. The lowest BCUT2D eigenvalue weighted by molar-refractivity contribution is 0.0600. The standard InChI is InChI=1S/C17H21N3O5S/c1-9-13(16(21)25-5)15(20-17(18-9)26-6)19-10-7-11(22-2)14(24-4)12(8-10)23-3/h7-8H,1-6H3,(H,18,19,20). The highest BCUT2D eigenvalue weighted by molar-refractivity contribution is 7.98. The third kappa shape index (κ3) is 3.93. The molecule has 0 aliphatic rings. The molecule has 0 saturated heterocycles. The summed E-state index contributed by atoms with van der Waals surface area (Å²) < 4.78 is 20.9. The maximum Gasteiger partial charge on any atom is 0.343 e. The lowest BCUT2D eigenvalue weighted by Crippen LogP contribution is -2.12. The van der Waals surface area contributed by atoms with Gasteiger partial charge < -0.3 is 24.3 Å². The number of thioether (sulfide) groups is 1. The van der Waals surface area contributed by atoms with Gasteiger partial charge in [-0.1, -0.05) is 11.8 Å². The van der Waals surface area contributed by atoms with Crippen molar-refractivity contribution >= 4 is 29.2 Å². The molecule has 0 aliphatic heterocycles. The zero-order valence-corrected chi connectivity index (χ0v) is 16.3. The van der Waals surface area contributed by atoms with E-state index < -0.39 is 5.97 Å². The van der Waals surface area contributed by atoms with E-state index >= 15 is 0 Å². The fourth-order valence-electron chi connectivity index (χ4n) is 2.37. The van der Waals surface area contributed by atoms with Crippen LogP contribution in [0.3, 0.4) is 0 Å². The fourth-order valence-corrected chi connectivity index (χ4v) is 2.78. The zero-order chi connectivity index (χ0) is 19.3. The van der Waals surface area contributed by atoms with Crippen molar-refractivity contribution in [1.82, 2.24) is 9.97 Å². The Labute approximate surface area is 156 Å². The Kier molecular flexibility index (Phi) is 6.51. The molecule has 2 aromatic rings. The highest BCUT2D eigenvalue weighted by Gasteiger charge is 2.21. The molecule has 1 aromatic heterocycles. The number of aryl methyl sites for hydroxylation is 1. The quantitative estimate of drug-likeness (QED) is 0.442. The van der Waals surface area contributed by atoms with E-state index in [1.54, 1.807) is 19.1 Å². The number of ether oxygens (including phenoxy) is 4. The van der Waals surface area contributed by atoms with Gasteiger partial charge in [-0.05, 0) is 13.2 Å². The van der Waals surface area contributed by atoms with E-state index in [0.29, 0.717) is 39.6 Å². The van der Waals surface area contributed by atoms with Crippen molar-refractivity contribution in [2.75, 3.05) is 40.0 Å². The molecular formula is C17H21N3O5S. The lowest BCUT2D eigenvalue weighted by Gasteiger charge is -2.16. The van der Waals surface area contributed by atoms with E-state index in [0.717, 1.165) is 0 Å². The number of anilines is 2. The van der Waals surface area contributed by atoms with Gasteiger partial charge in [0.2, 0.25) is 5.75 Å². The first-order valence-electron chi connectivity index (χ1n) is 7.57. The molecule has 1 heterocycles. The number of esters is 1. The molecule has 1 aromatic carbocycles. The van der Waals surface area contributed by atoms with Gasteiger partial charge in [-0.2, -0.15) is 0 Å². The molecule has 0 fully saturated rings. The molecule has 0 saturated carbocycles. The summed E-state index contributed by atoms with van der Waals surface area (Å²) in [5.41, 5.74) is 1.39. The van der Waals surface area contributed by atoms with Crippen molar-refractivity contribution in [2.24, 2.45) is 0 Å². The molecule has 0 aliphatic carbocycles. The average Bonchev–Trinajstić information content (AvgIpc) is 2.66. The topological polar surface area (TPSA) is 91.8 Å². The lowest BCUT2D eigenvalue weighted by atomic mass is 10.2. The second-order valence-corrected chi connectivity index (χ2v) is 5.82. The second-order valence-electron chi connectivity index (χ2n) is 5.05. The molecule has 9 heteroatoms. The molecule has 1 N–H and O–H groups in total. The van der Waals surface area contributed by atoms with Crippen molar-refractivity contribution in [2.45, 2.75) is 12.1 Å². The van der Waals surface area contributed by atoms with Gasteiger partial charge in [0.05, 0.1) is 34.1 Å². The number of carbonyl (C=O) groups is 1. The number of rotatable bonds is 7. The summed E-state index contributed by atoms with van der Waals surface area (Å²) >= 11 is 1.37. The van der Waals surface area contributed by atoms with Crippen molar-refractivity contribution < 1.29 is 23.7 Å². The Hall–Kier alpha value is -2.68. The van der Waals surface area contributed by atoms with Gasteiger partial charge in [-0.15, -0.1) is 0 Å². The van der Waals surface area contributed by atoms with Gasteiger partial charge in [0.25, 0.3) is 0 Å². The van der Waals surface area contributed by atoms with E-state index in [4.69, 9.17) is 18.9 Å². The van der Waals surface area contributed by atoms with E-state index in [-0.39, 0.29) is 5.56 Å². The zero-order valence-electron chi connectivity index (χ0n) is 15.5. The first-order chi connectivity index (χ1) is 12.5. The number of hydrogen-bond acceptors (Lipinski definition) is 9. The summed E-state index contributed by atoms with van der Waals surface area (Å²) in [6.45, 7) is 1.73. The summed E-state index contributed by atoms with van der Waals surface area (Å²) in [5, 5.41) is 3.66. The molecule has 0 amide bonds. The normalized spacial score (nSPS) is 10.2. The van der Waals surface area contributed by atoms with E-state index in [1.165, 1.54) is 40.2 Å². The molecule has 140 valence electrons. The molecule has 0 bridgehead atoms. The second kappa shape index (κ2) is 8.61. The molecule has 0 unspecified atom stereocenters. The number of nitrogens with zero attached hydrogens (tertiary/aromatic N) is 2. The van der Waals surface area contributed by atoms with Crippen LogP contribution in [0.4, 0.5) is 11.5 Å². The van der Waals surface area contributed by atoms with Crippen LogP contribution in [0.1, 0.15) is 16.1 Å². The van der Waals surface area contributed by atoms with Crippen LogP contribution in [0, 0.1) is 6.92 Å². The maximum atomic E-state index is 12.2. The summed E-state index contributed by atoms with van der Waals surface area (Å²) in [6, 6.07) is 3.44. The van der Waals surface area contributed by atoms with Crippen molar-refractivity contribution in [3.63, 3.8) is 0 Å². The van der Waals surface area contributed by atoms with Crippen LogP contribution in [-0.4, -0.2) is 50.6 Å². The van der Waals surface area contributed by atoms with Crippen LogP contribution >= 0.6 is 11.8 Å². The number of methoxy groups -OCH3 is 4. The van der Waals surface area contributed by atoms with E-state index in [2.05, 4.69) is 15.3 Å². The summed E-state index contributed by atoms with van der Waals surface area (Å²) in [5.74, 6) is 1.24. The molecule has 0 atom stereocenters. The van der Waals surface area contributed by atoms with Gasteiger partial charge in [0, 0.05) is 17.8 Å². The van der Waals surface area contributed by atoms with Gasteiger partial charge in [-0.25, -0.2) is 14.8 Å². The van der Waals surface area contributed by atoms with Gasteiger partial charge in [-0.3, -0.25) is 0 Å². The van der Waals surface area contributed by atoms with Gasteiger partial charge in [0.15, 0.2) is 16.7 Å². The van der Waals surface area contributed by atoms with E-state index in [9.17, 15) is 4.79 Å². The molecular weight excluding hydrogens is 358 g/mol. The van der Waals surface area contributed by atoms with Crippen LogP contribution in [-0.2, 0) is 4.74 Å². The Bertz CT molecular complexity index is 788. The van der Waals surface area contributed by atoms with E-state index in [1.807, 2.05) is 6.26 Å². The number of nitrogens with one attached hydrogen (secondary N) is 1. The Morgan fingerprint density at radius 1 is 1.04 bits per heavy atom. The Balaban J connectivity index is 2.57. The first-order valence-corrected chi connectivity index (χ1v) is 8.79. The third-order valence-electron chi connectivity index (χ3n) is 3.57. The monoisotopic (exact) mass is 379 g/mol. The van der Waals surface area contributed by atoms with Crippen LogP contribution in [0.15, 0.2) is 17.3 Å². The average molecular weight is 379 g/mol. The number of benzene rings is 1. The van der Waals surface area contributed by atoms with Crippen molar-refractivity contribution in [3.05, 3.63) is 23.4 Å². The SMILES string of the molecule is COC(=O)c1c(C)nc(SC)nc1Nc1cc(OC)c(OC)c(OC)c1. The van der Waals surface area contributed by atoms with Gasteiger partial charge >= 0.3 is 5.97 Å². The number of aromatic nitrogens is 2. The van der Waals surface area contributed by atoms with Crippen LogP contribution in [0.25, 0.3) is 0 Å². The minimum Gasteiger partial charge on any atom is -0.493 e. The molecule has 2 rings (SSSR count). The number of carbonyl (C=O) groups excluding carboxylic acids is 1. The predicted molar refractivity (Wildman–Crippen MR) is 99.3 cm³/mol. The smallest absolute Gasteiger partial charge is 0.343 e. The maximum absolute atomic E-state index is 12.2. The molecule has 0 spiro atoms. The molecule has 0 radical (unpaired) electrons. The van der Waals surface area contributed by atoms with Crippen LogP contribution < -0.4 is 19.5 Å². The summed E-state index contributed by atoms with van der Waals surface area (Å²) in [4.78, 5) is 20.9. The minimum absolute atomic E-state index is 0.263. The predicted octanol–water partition coefficient (Wildman–Crippen LogP) is 3.06. The highest BCUT2D eigenvalue weighted by atomic mass is 32.2. The first kappa shape index (κ1) is 19.6. The van der Waals surface area contributed by atoms with Crippen LogP contribution in [0.5, 0.6) is 17.2 Å². The molecule has 26 heavy (non-hydrogen) atoms. The van der Waals surface area contributed by atoms with Gasteiger partial charge in [0.1, 0.15) is 11.4 Å². The highest BCUT2D eigenvalue weighted by Crippen LogP contribution is 2.40. The Morgan fingerprint density at radius 2 is 1.65 bits per heavy atom. The Morgan fingerprint density at radius 3 is 2.12 bits per heavy atom. The largest absolute Gasteiger partial charge is 0.493 e. The minimum atomic E-state index is -0.523.